The van der Waals surface area contributed by atoms with E-state index in [1.807, 2.05) is 4.31 Å². The van der Waals surface area contributed by atoms with Gasteiger partial charge in [0.25, 0.3) is 0 Å². The van der Waals surface area contributed by atoms with E-state index in [1.54, 1.807) is 0 Å². The molecular formula is C14H27N3O2S. The molecule has 2 heterocycles. The Hall–Kier alpha value is -0.170. The van der Waals surface area contributed by atoms with E-state index in [1.165, 1.54) is 19.3 Å². The fraction of sp³-hybridized carbons (Fsp3) is 1.00. The molecule has 1 aliphatic carbocycles. The first-order chi connectivity index (χ1) is 9.67. The zero-order valence-corrected chi connectivity index (χ0v) is 13.1. The van der Waals surface area contributed by atoms with Gasteiger partial charge in [-0.05, 0) is 25.2 Å². The fourth-order valence-corrected chi connectivity index (χ4v) is 5.80. The quantitative estimate of drug-likeness (QED) is 0.821. The zero-order chi connectivity index (χ0) is 14.0. The molecule has 2 saturated heterocycles. The number of nitrogens with one attached hydrogen (secondary N) is 1. The lowest BCUT2D eigenvalue weighted by Crippen LogP contribution is -2.47. The second-order valence-corrected chi connectivity index (χ2v) is 8.46. The van der Waals surface area contributed by atoms with Crippen LogP contribution >= 0.6 is 0 Å². The lowest BCUT2D eigenvalue weighted by Gasteiger charge is -2.32. The normalized spacial score (nSPS) is 33.2. The lowest BCUT2D eigenvalue weighted by molar-refractivity contribution is 0.245. The molecule has 0 amide bonds. The van der Waals surface area contributed by atoms with E-state index < -0.39 is 10.0 Å². The highest BCUT2D eigenvalue weighted by Crippen LogP contribution is 2.37. The van der Waals surface area contributed by atoms with Crippen molar-refractivity contribution in [1.82, 2.24) is 14.5 Å². The zero-order valence-electron chi connectivity index (χ0n) is 12.3. The Bertz CT molecular complexity index is 420. The molecule has 0 aromatic rings. The Balaban J connectivity index is 1.57. The first-order valence-corrected chi connectivity index (χ1v) is 9.70. The van der Waals surface area contributed by atoms with Crippen molar-refractivity contribution in [2.24, 2.45) is 5.92 Å². The highest BCUT2D eigenvalue weighted by Gasteiger charge is 2.41. The van der Waals surface area contributed by atoms with Gasteiger partial charge in [0.2, 0.25) is 10.0 Å². The van der Waals surface area contributed by atoms with Crippen LogP contribution in [0.15, 0.2) is 0 Å². The van der Waals surface area contributed by atoms with E-state index in [-0.39, 0.29) is 0 Å². The van der Waals surface area contributed by atoms with Gasteiger partial charge in [0.15, 0.2) is 0 Å². The predicted octanol–water partition coefficient (Wildman–Crippen LogP) is 0.486. The molecule has 0 bridgehead atoms. The number of fused-ring (bicyclic) bond motifs is 1. The van der Waals surface area contributed by atoms with Crippen molar-refractivity contribution < 1.29 is 8.42 Å². The molecule has 3 aliphatic rings. The van der Waals surface area contributed by atoms with Crippen LogP contribution in [0.5, 0.6) is 0 Å². The number of sulfonamides is 1. The summed E-state index contributed by atoms with van der Waals surface area (Å²) in [6.45, 7) is 5.36. The molecule has 3 rings (SSSR count). The minimum absolute atomic E-state index is 0.302. The van der Waals surface area contributed by atoms with Crippen molar-refractivity contribution in [3.63, 3.8) is 0 Å². The molecule has 6 heteroatoms. The summed E-state index contributed by atoms with van der Waals surface area (Å²) in [6, 6.07) is 0.316. The molecule has 20 heavy (non-hydrogen) atoms. The first-order valence-electron chi connectivity index (χ1n) is 8.09. The highest BCUT2D eigenvalue weighted by atomic mass is 32.2. The van der Waals surface area contributed by atoms with Crippen molar-refractivity contribution in [1.29, 1.82) is 0 Å². The monoisotopic (exact) mass is 301 g/mol. The molecule has 0 aromatic heterocycles. The SMILES string of the molecule is O=S(=O)(CCN1CCNCC1)N1CCC2CCCCC21. The van der Waals surface area contributed by atoms with Gasteiger partial charge in [-0.25, -0.2) is 8.42 Å². The predicted molar refractivity (Wildman–Crippen MR) is 80.2 cm³/mol. The molecular weight excluding hydrogens is 274 g/mol. The molecule has 0 spiro atoms. The van der Waals surface area contributed by atoms with Crippen LogP contribution in [0.3, 0.4) is 0 Å². The van der Waals surface area contributed by atoms with Gasteiger partial charge in [-0.1, -0.05) is 12.8 Å². The molecule has 2 aliphatic heterocycles. The summed E-state index contributed by atoms with van der Waals surface area (Å²) in [6.07, 6.45) is 5.88. The third-order valence-electron chi connectivity index (χ3n) is 5.19. The maximum atomic E-state index is 12.6. The van der Waals surface area contributed by atoms with Crippen LogP contribution in [0.2, 0.25) is 0 Å². The van der Waals surface area contributed by atoms with Crippen molar-refractivity contribution in [3.05, 3.63) is 0 Å². The Morgan fingerprint density at radius 3 is 2.55 bits per heavy atom. The van der Waals surface area contributed by atoms with Gasteiger partial charge >= 0.3 is 0 Å². The van der Waals surface area contributed by atoms with Crippen LogP contribution in [0.1, 0.15) is 32.1 Å². The molecule has 3 fully saturated rings. The van der Waals surface area contributed by atoms with Gasteiger partial charge in [-0.15, -0.1) is 0 Å². The number of nitrogens with zero attached hydrogens (tertiary/aromatic N) is 2. The maximum absolute atomic E-state index is 12.6. The number of hydrogen-bond donors (Lipinski definition) is 1. The number of hydrogen-bond acceptors (Lipinski definition) is 4. The Morgan fingerprint density at radius 2 is 1.75 bits per heavy atom. The lowest BCUT2D eigenvalue weighted by atomic mass is 9.86. The van der Waals surface area contributed by atoms with Crippen LogP contribution in [-0.4, -0.2) is 68.7 Å². The van der Waals surface area contributed by atoms with E-state index in [4.69, 9.17) is 0 Å². The maximum Gasteiger partial charge on any atom is 0.215 e. The molecule has 2 atom stereocenters. The minimum Gasteiger partial charge on any atom is -0.314 e. The third-order valence-corrected chi connectivity index (χ3v) is 7.06. The molecule has 0 aromatic carbocycles. The molecule has 5 nitrogen and oxygen atoms in total. The van der Waals surface area contributed by atoms with Gasteiger partial charge < -0.3 is 5.32 Å². The summed E-state index contributed by atoms with van der Waals surface area (Å²) in [4.78, 5) is 2.27. The van der Waals surface area contributed by atoms with Crippen LogP contribution in [0.4, 0.5) is 0 Å². The summed E-state index contributed by atoms with van der Waals surface area (Å²) in [5.74, 6) is 0.939. The summed E-state index contributed by atoms with van der Waals surface area (Å²) in [7, 11) is -3.06. The van der Waals surface area contributed by atoms with Crippen LogP contribution in [0.25, 0.3) is 0 Å². The van der Waals surface area contributed by atoms with E-state index in [2.05, 4.69) is 10.2 Å². The molecule has 116 valence electrons. The third kappa shape index (κ3) is 3.18. The largest absolute Gasteiger partial charge is 0.314 e. The fourth-order valence-electron chi connectivity index (χ4n) is 4.00. The second-order valence-electron chi connectivity index (χ2n) is 6.42. The Labute approximate surface area is 122 Å². The number of piperazine rings is 1. The van der Waals surface area contributed by atoms with Gasteiger partial charge in [0, 0.05) is 45.3 Å². The van der Waals surface area contributed by atoms with Gasteiger partial charge in [-0.3, -0.25) is 4.90 Å². The summed E-state index contributed by atoms with van der Waals surface area (Å²) >= 11 is 0. The number of rotatable bonds is 4. The van der Waals surface area contributed by atoms with Gasteiger partial charge in [-0.2, -0.15) is 4.31 Å². The Kier molecular flexibility index (Phi) is 4.65. The highest BCUT2D eigenvalue weighted by molar-refractivity contribution is 7.89. The summed E-state index contributed by atoms with van der Waals surface area (Å²) in [5.41, 5.74) is 0. The minimum atomic E-state index is -3.06. The van der Waals surface area contributed by atoms with Crippen LogP contribution < -0.4 is 5.32 Å². The van der Waals surface area contributed by atoms with E-state index in [0.29, 0.717) is 24.3 Å². The Morgan fingerprint density at radius 1 is 1.00 bits per heavy atom. The van der Waals surface area contributed by atoms with Crippen molar-refractivity contribution in [3.8, 4) is 0 Å². The van der Waals surface area contributed by atoms with Gasteiger partial charge in [0.05, 0.1) is 5.75 Å². The van der Waals surface area contributed by atoms with E-state index in [0.717, 1.165) is 45.6 Å². The van der Waals surface area contributed by atoms with Crippen molar-refractivity contribution >= 4 is 10.0 Å². The topological polar surface area (TPSA) is 52.7 Å². The molecule has 1 saturated carbocycles. The summed E-state index contributed by atoms with van der Waals surface area (Å²) < 4.78 is 27.1. The smallest absolute Gasteiger partial charge is 0.215 e. The molecule has 2 unspecified atom stereocenters. The van der Waals surface area contributed by atoms with Gasteiger partial charge in [0.1, 0.15) is 0 Å². The van der Waals surface area contributed by atoms with Crippen LogP contribution in [-0.2, 0) is 10.0 Å². The van der Waals surface area contributed by atoms with Crippen LogP contribution in [0, 0.1) is 5.92 Å². The van der Waals surface area contributed by atoms with E-state index >= 15 is 0 Å². The standard InChI is InChI=1S/C14H27N3O2S/c18-20(19,12-11-16-9-6-15-7-10-16)17-8-5-13-3-1-2-4-14(13)17/h13-15H,1-12H2. The summed E-state index contributed by atoms with van der Waals surface area (Å²) in [5, 5.41) is 3.30. The van der Waals surface area contributed by atoms with Crippen molar-refractivity contribution in [2.75, 3.05) is 45.0 Å². The average Bonchev–Trinajstić information content (AvgIpc) is 2.91. The van der Waals surface area contributed by atoms with E-state index in [9.17, 15) is 8.42 Å². The van der Waals surface area contributed by atoms with Crippen molar-refractivity contribution in [2.45, 2.75) is 38.1 Å². The molecule has 0 radical (unpaired) electrons. The molecule has 1 N–H and O–H groups in total. The average molecular weight is 301 g/mol. The second kappa shape index (κ2) is 6.30. The first kappa shape index (κ1) is 14.8.